The number of ether oxygens (including phenoxy) is 1. The van der Waals surface area contributed by atoms with Crippen LogP contribution >= 0.6 is 0 Å². The van der Waals surface area contributed by atoms with Gasteiger partial charge in [0.05, 0.1) is 0 Å². The van der Waals surface area contributed by atoms with Gasteiger partial charge in [0.2, 0.25) is 0 Å². The molecule has 0 heterocycles. The van der Waals surface area contributed by atoms with Crippen LogP contribution in [0.15, 0.2) is 23.8 Å². The van der Waals surface area contributed by atoms with E-state index in [2.05, 4.69) is 11.8 Å². The minimum Gasteiger partial charge on any atom is -0.435 e. The van der Waals surface area contributed by atoms with Crippen LogP contribution in [0.5, 0.6) is 0 Å². The largest absolute Gasteiger partial charge is 0.435 e. The van der Waals surface area contributed by atoms with Gasteiger partial charge in [-0.3, -0.25) is 0 Å². The Bertz CT molecular complexity index is 429. The number of aliphatic hydroxyl groups excluding tert-OH is 1. The van der Waals surface area contributed by atoms with E-state index in [1.807, 2.05) is 0 Å². The summed E-state index contributed by atoms with van der Waals surface area (Å²) in [6.07, 6.45) is 14.5. The molecule has 2 unspecified atom stereocenters. The van der Waals surface area contributed by atoms with Gasteiger partial charge in [-0.25, -0.2) is 4.79 Å². The molecule has 0 saturated carbocycles. The Kier molecular flexibility index (Phi) is 3.55. The molecule has 0 aromatic carbocycles. The molecule has 0 radical (unpaired) electrons. The highest BCUT2D eigenvalue weighted by molar-refractivity contribution is 5.84. The molecular weight excluding hydrogens is 204 g/mol. The maximum Gasteiger partial charge on any atom is 0.330 e. The third-order valence-corrected chi connectivity index (χ3v) is 2.23. The normalized spacial score (nSPS) is 24.9. The molecule has 0 spiro atoms. The van der Waals surface area contributed by atoms with E-state index >= 15 is 0 Å². The molecule has 0 saturated heterocycles. The van der Waals surface area contributed by atoms with Crippen molar-refractivity contribution < 1.29 is 14.6 Å². The van der Waals surface area contributed by atoms with E-state index in [4.69, 9.17) is 22.7 Å². The van der Waals surface area contributed by atoms with Crippen LogP contribution < -0.4 is 0 Å². The standard InChI is InChI=1S/C13H12O3/c1-4-11-7-6-8-13(5-2,9-11)12(15)16-10(3)14/h1-2,6-8,10,14H,9H2,3H3. The Balaban J connectivity index is 2.95. The van der Waals surface area contributed by atoms with E-state index in [9.17, 15) is 4.79 Å². The lowest BCUT2D eigenvalue weighted by molar-refractivity contribution is -0.171. The molecule has 82 valence electrons. The van der Waals surface area contributed by atoms with Crippen LogP contribution in [0.4, 0.5) is 0 Å². The van der Waals surface area contributed by atoms with Gasteiger partial charge in [-0.1, -0.05) is 30.1 Å². The van der Waals surface area contributed by atoms with Gasteiger partial charge in [0, 0.05) is 12.0 Å². The summed E-state index contributed by atoms with van der Waals surface area (Å²) in [4.78, 5) is 11.8. The Hall–Kier alpha value is -1.97. The van der Waals surface area contributed by atoms with Gasteiger partial charge in [-0.2, -0.15) is 0 Å². The van der Waals surface area contributed by atoms with E-state index in [1.54, 1.807) is 18.2 Å². The van der Waals surface area contributed by atoms with Gasteiger partial charge in [-0.05, 0) is 6.92 Å². The summed E-state index contributed by atoms with van der Waals surface area (Å²) in [6.45, 7) is 1.34. The second kappa shape index (κ2) is 4.70. The molecule has 0 fully saturated rings. The lowest BCUT2D eigenvalue weighted by atomic mass is 9.79. The highest BCUT2D eigenvalue weighted by atomic mass is 16.6. The average Bonchev–Trinajstić information content (AvgIpc) is 2.28. The number of aliphatic hydroxyl groups is 1. The van der Waals surface area contributed by atoms with Crippen LogP contribution in [-0.4, -0.2) is 17.4 Å². The van der Waals surface area contributed by atoms with Crippen LogP contribution in [0.1, 0.15) is 13.3 Å². The fourth-order valence-corrected chi connectivity index (χ4v) is 1.40. The highest BCUT2D eigenvalue weighted by Gasteiger charge is 2.38. The molecular formula is C13H12O3. The van der Waals surface area contributed by atoms with Gasteiger partial charge >= 0.3 is 5.97 Å². The summed E-state index contributed by atoms with van der Waals surface area (Å²) in [5.74, 6) is 4.16. The Morgan fingerprint density at radius 3 is 2.88 bits per heavy atom. The van der Waals surface area contributed by atoms with Gasteiger partial charge in [0.1, 0.15) is 0 Å². The summed E-state index contributed by atoms with van der Waals surface area (Å²) in [5, 5.41) is 9.00. The van der Waals surface area contributed by atoms with E-state index in [1.165, 1.54) is 6.92 Å². The first-order valence-corrected chi connectivity index (χ1v) is 4.76. The molecule has 1 N–H and O–H groups in total. The van der Waals surface area contributed by atoms with Gasteiger partial charge in [0.15, 0.2) is 11.7 Å². The molecule has 1 aliphatic carbocycles. The number of hydrogen-bond acceptors (Lipinski definition) is 3. The Labute approximate surface area is 94.8 Å². The molecule has 3 nitrogen and oxygen atoms in total. The number of allylic oxidation sites excluding steroid dienone is 3. The third-order valence-electron chi connectivity index (χ3n) is 2.23. The smallest absolute Gasteiger partial charge is 0.330 e. The topological polar surface area (TPSA) is 46.5 Å². The van der Waals surface area contributed by atoms with Crippen molar-refractivity contribution in [2.24, 2.45) is 5.41 Å². The zero-order valence-electron chi connectivity index (χ0n) is 8.93. The van der Waals surface area contributed by atoms with Crippen molar-refractivity contribution in [3.05, 3.63) is 23.8 Å². The van der Waals surface area contributed by atoms with Crippen LogP contribution in [0.2, 0.25) is 0 Å². The van der Waals surface area contributed by atoms with Crippen LogP contribution in [0.3, 0.4) is 0 Å². The summed E-state index contributed by atoms with van der Waals surface area (Å²) in [7, 11) is 0. The van der Waals surface area contributed by atoms with Gasteiger partial charge in [-0.15, -0.1) is 12.8 Å². The summed E-state index contributed by atoms with van der Waals surface area (Å²) >= 11 is 0. The van der Waals surface area contributed by atoms with Crippen molar-refractivity contribution in [3.8, 4) is 24.7 Å². The molecule has 1 aliphatic rings. The van der Waals surface area contributed by atoms with Crippen molar-refractivity contribution in [1.29, 1.82) is 0 Å². The van der Waals surface area contributed by atoms with Crippen LogP contribution in [0.25, 0.3) is 0 Å². The summed E-state index contributed by atoms with van der Waals surface area (Å²) in [5.41, 5.74) is -0.573. The SMILES string of the molecule is C#CC1=CC=CC(C#C)(C(=O)OC(C)O)C1. The number of carbonyl (C=O) groups excluding carboxylic acids is 1. The van der Waals surface area contributed by atoms with Gasteiger partial charge in [0.25, 0.3) is 0 Å². The van der Waals surface area contributed by atoms with E-state index < -0.39 is 17.7 Å². The van der Waals surface area contributed by atoms with Crippen molar-refractivity contribution in [1.82, 2.24) is 0 Å². The van der Waals surface area contributed by atoms with Crippen LogP contribution in [0, 0.1) is 30.1 Å². The van der Waals surface area contributed by atoms with Crippen molar-refractivity contribution in [2.45, 2.75) is 19.6 Å². The second-order valence-electron chi connectivity index (χ2n) is 3.49. The molecule has 0 aliphatic heterocycles. The zero-order valence-corrected chi connectivity index (χ0v) is 8.93. The molecule has 0 amide bonds. The fraction of sp³-hybridized carbons (Fsp3) is 0.308. The van der Waals surface area contributed by atoms with Gasteiger partial charge < -0.3 is 9.84 Å². The highest BCUT2D eigenvalue weighted by Crippen LogP contribution is 2.32. The minimum absolute atomic E-state index is 0.224. The number of esters is 1. The minimum atomic E-state index is -1.20. The molecule has 3 heteroatoms. The monoisotopic (exact) mass is 216 g/mol. The lowest BCUT2D eigenvalue weighted by Crippen LogP contribution is -2.33. The van der Waals surface area contributed by atoms with Crippen LogP contribution in [-0.2, 0) is 9.53 Å². The molecule has 2 atom stereocenters. The zero-order chi connectivity index (χ0) is 12.2. The second-order valence-corrected chi connectivity index (χ2v) is 3.49. The van der Waals surface area contributed by atoms with Crippen molar-refractivity contribution >= 4 is 5.97 Å². The Morgan fingerprint density at radius 2 is 2.38 bits per heavy atom. The number of carbonyl (C=O) groups is 1. The van der Waals surface area contributed by atoms with E-state index in [-0.39, 0.29) is 6.42 Å². The molecule has 0 aromatic heterocycles. The maximum atomic E-state index is 11.8. The molecule has 1 rings (SSSR count). The summed E-state index contributed by atoms with van der Waals surface area (Å²) < 4.78 is 4.70. The molecule has 0 aromatic rings. The lowest BCUT2D eigenvalue weighted by Gasteiger charge is -2.25. The first-order valence-electron chi connectivity index (χ1n) is 4.76. The third kappa shape index (κ3) is 2.34. The first-order chi connectivity index (χ1) is 7.54. The quantitative estimate of drug-likeness (QED) is 0.425. The fourth-order valence-electron chi connectivity index (χ4n) is 1.40. The number of hydrogen-bond donors (Lipinski definition) is 1. The first kappa shape index (κ1) is 12.1. The number of rotatable bonds is 2. The molecule has 16 heavy (non-hydrogen) atoms. The average molecular weight is 216 g/mol. The predicted octanol–water partition coefficient (Wildman–Crippen LogP) is 1.01. The Morgan fingerprint density at radius 1 is 1.69 bits per heavy atom. The number of terminal acetylenes is 2. The molecule has 0 bridgehead atoms. The summed E-state index contributed by atoms with van der Waals surface area (Å²) in [6, 6.07) is 0. The van der Waals surface area contributed by atoms with Crippen molar-refractivity contribution in [3.63, 3.8) is 0 Å². The maximum absolute atomic E-state index is 11.8. The van der Waals surface area contributed by atoms with Crippen molar-refractivity contribution in [2.75, 3.05) is 0 Å². The predicted molar refractivity (Wildman–Crippen MR) is 59.7 cm³/mol. The van der Waals surface area contributed by atoms with E-state index in [0.29, 0.717) is 5.57 Å². The van der Waals surface area contributed by atoms with E-state index in [0.717, 1.165) is 0 Å².